The van der Waals surface area contributed by atoms with E-state index in [2.05, 4.69) is 15.2 Å². The molecule has 0 unspecified atom stereocenters. The van der Waals surface area contributed by atoms with Gasteiger partial charge < -0.3 is 4.90 Å². The van der Waals surface area contributed by atoms with E-state index in [-0.39, 0.29) is 5.91 Å². The summed E-state index contributed by atoms with van der Waals surface area (Å²) in [5.74, 6) is -0.0311. The second kappa shape index (κ2) is 6.87. The van der Waals surface area contributed by atoms with Crippen LogP contribution >= 0.6 is 0 Å². The smallest absolute Gasteiger partial charge is 0.246 e. The van der Waals surface area contributed by atoms with Gasteiger partial charge in [-0.15, -0.1) is 0 Å². The number of aromatic nitrogens is 3. The number of amides is 1. The van der Waals surface area contributed by atoms with E-state index in [4.69, 9.17) is 0 Å². The van der Waals surface area contributed by atoms with Crippen LogP contribution in [0.1, 0.15) is 18.2 Å². The Balaban J connectivity index is 1.74. The topological polar surface area (TPSA) is 61.9 Å². The number of carbonyl (C=O) groups excluding carboxylic acids is 1. The molecule has 0 aliphatic carbocycles. The van der Waals surface area contributed by atoms with Gasteiger partial charge in [-0.25, -0.2) is 0 Å². The van der Waals surface area contributed by atoms with Crippen molar-refractivity contribution in [3.8, 4) is 0 Å². The third kappa shape index (κ3) is 3.45. The van der Waals surface area contributed by atoms with Gasteiger partial charge in [-0.1, -0.05) is 18.2 Å². The van der Waals surface area contributed by atoms with Crippen molar-refractivity contribution in [3.63, 3.8) is 0 Å². The molecule has 2 aromatic heterocycles. The fraction of sp³-hybridized carbons (Fsp3) is 0.167. The van der Waals surface area contributed by atoms with Crippen LogP contribution in [-0.4, -0.2) is 32.5 Å². The number of aromatic amines is 1. The molecule has 1 N–H and O–H groups in total. The predicted octanol–water partition coefficient (Wildman–Crippen LogP) is 3.02. The lowest BCUT2D eigenvalue weighted by Crippen LogP contribution is -2.28. The van der Waals surface area contributed by atoms with Crippen molar-refractivity contribution in [2.24, 2.45) is 0 Å². The second-order valence-electron chi connectivity index (χ2n) is 5.20. The molecule has 0 saturated carbocycles. The summed E-state index contributed by atoms with van der Waals surface area (Å²) in [5, 5.41) is 8.22. The van der Waals surface area contributed by atoms with Crippen LogP contribution < -0.4 is 0 Å². The molecule has 0 fully saturated rings. The van der Waals surface area contributed by atoms with Gasteiger partial charge in [-0.05, 0) is 36.8 Å². The molecular weight excluding hydrogens is 288 g/mol. The van der Waals surface area contributed by atoms with Crippen LogP contribution in [0.25, 0.3) is 17.0 Å². The molecular formula is C18H18N4O. The molecule has 1 amide bonds. The number of fused-ring (bicyclic) bond motifs is 1. The molecule has 0 saturated heterocycles. The fourth-order valence-corrected chi connectivity index (χ4v) is 2.42. The summed E-state index contributed by atoms with van der Waals surface area (Å²) in [6.07, 6.45) is 6.81. The van der Waals surface area contributed by atoms with Crippen molar-refractivity contribution in [1.82, 2.24) is 20.1 Å². The molecule has 5 nitrogen and oxygen atoms in total. The number of para-hydroxylation sites is 1. The zero-order chi connectivity index (χ0) is 16.1. The highest BCUT2D eigenvalue weighted by Crippen LogP contribution is 2.16. The van der Waals surface area contributed by atoms with Gasteiger partial charge in [0.2, 0.25) is 5.91 Å². The van der Waals surface area contributed by atoms with E-state index >= 15 is 0 Å². The Hall–Kier alpha value is -2.95. The first kappa shape index (κ1) is 15.0. The summed E-state index contributed by atoms with van der Waals surface area (Å²) < 4.78 is 0. The number of hydrogen-bond donors (Lipinski definition) is 1. The third-order valence-electron chi connectivity index (χ3n) is 3.70. The lowest BCUT2D eigenvalue weighted by molar-refractivity contribution is -0.126. The monoisotopic (exact) mass is 306 g/mol. The van der Waals surface area contributed by atoms with Gasteiger partial charge in [0.05, 0.1) is 11.2 Å². The van der Waals surface area contributed by atoms with Crippen LogP contribution in [0.2, 0.25) is 0 Å². The van der Waals surface area contributed by atoms with Gasteiger partial charge in [0.15, 0.2) is 0 Å². The van der Waals surface area contributed by atoms with Crippen LogP contribution in [0, 0.1) is 0 Å². The average molecular weight is 306 g/mol. The second-order valence-corrected chi connectivity index (χ2v) is 5.20. The van der Waals surface area contributed by atoms with Crippen molar-refractivity contribution in [1.29, 1.82) is 0 Å². The van der Waals surface area contributed by atoms with Crippen LogP contribution in [0.4, 0.5) is 0 Å². The maximum absolute atomic E-state index is 12.4. The molecule has 0 bridgehead atoms. The number of carbonyl (C=O) groups is 1. The first-order valence-corrected chi connectivity index (χ1v) is 7.57. The summed E-state index contributed by atoms with van der Waals surface area (Å²) in [4.78, 5) is 18.2. The molecule has 1 aromatic carbocycles. The minimum Gasteiger partial charge on any atom is -0.335 e. The lowest BCUT2D eigenvalue weighted by atomic mass is 10.2. The predicted molar refractivity (Wildman–Crippen MR) is 90.5 cm³/mol. The molecule has 2 heterocycles. The van der Waals surface area contributed by atoms with Gasteiger partial charge in [0.1, 0.15) is 0 Å². The number of pyridine rings is 1. The quantitative estimate of drug-likeness (QED) is 0.737. The maximum Gasteiger partial charge on any atom is 0.246 e. The minimum atomic E-state index is -0.0311. The van der Waals surface area contributed by atoms with Gasteiger partial charge in [0.25, 0.3) is 0 Å². The SMILES string of the molecule is CCN(Cc1ccncc1)C(=O)C=Cc1n[nH]c2ccccc12. The van der Waals surface area contributed by atoms with E-state index in [9.17, 15) is 4.79 Å². The first-order chi connectivity index (χ1) is 11.3. The molecule has 3 rings (SSSR count). The third-order valence-corrected chi connectivity index (χ3v) is 3.70. The molecule has 3 aromatic rings. The standard InChI is InChI=1S/C18H18N4O/c1-2-22(13-14-9-11-19-12-10-14)18(23)8-7-17-15-5-3-4-6-16(15)20-21-17/h3-12H,2,13H2,1H3,(H,20,21). The van der Waals surface area contributed by atoms with Crippen molar-refractivity contribution in [2.45, 2.75) is 13.5 Å². The summed E-state index contributed by atoms with van der Waals surface area (Å²) in [5.41, 5.74) is 2.80. The Morgan fingerprint density at radius 3 is 2.78 bits per heavy atom. The Morgan fingerprint density at radius 1 is 1.22 bits per heavy atom. The summed E-state index contributed by atoms with van der Waals surface area (Å²) >= 11 is 0. The highest BCUT2D eigenvalue weighted by atomic mass is 16.2. The molecule has 5 heteroatoms. The largest absolute Gasteiger partial charge is 0.335 e. The van der Waals surface area contributed by atoms with Crippen molar-refractivity contribution < 1.29 is 4.79 Å². The van der Waals surface area contributed by atoms with Crippen LogP contribution in [0.15, 0.2) is 54.9 Å². The van der Waals surface area contributed by atoms with E-state index in [1.54, 1.807) is 29.4 Å². The molecule has 0 radical (unpaired) electrons. The molecule has 0 spiro atoms. The summed E-state index contributed by atoms with van der Waals surface area (Å²) in [6.45, 7) is 3.19. The molecule has 0 atom stereocenters. The molecule has 0 aliphatic rings. The van der Waals surface area contributed by atoms with Gasteiger partial charge in [0, 0.05) is 36.9 Å². The van der Waals surface area contributed by atoms with Gasteiger partial charge >= 0.3 is 0 Å². The molecule has 116 valence electrons. The van der Waals surface area contributed by atoms with E-state index in [1.807, 2.05) is 43.3 Å². The van der Waals surface area contributed by atoms with Gasteiger partial charge in [-0.2, -0.15) is 5.10 Å². The molecule has 23 heavy (non-hydrogen) atoms. The van der Waals surface area contributed by atoms with E-state index in [1.165, 1.54) is 0 Å². The zero-order valence-corrected chi connectivity index (χ0v) is 12.9. The van der Waals surface area contributed by atoms with Crippen molar-refractivity contribution in [2.75, 3.05) is 6.54 Å². The average Bonchev–Trinajstić information content (AvgIpc) is 3.01. The highest BCUT2D eigenvalue weighted by Gasteiger charge is 2.09. The summed E-state index contributed by atoms with van der Waals surface area (Å²) in [6, 6.07) is 11.7. The number of nitrogens with one attached hydrogen (secondary N) is 1. The number of H-pyrrole nitrogens is 1. The van der Waals surface area contributed by atoms with E-state index in [0.29, 0.717) is 13.1 Å². The fourth-order valence-electron chi connectivity index (χ4n) is 2.42. The van der Waals surface area contributed by atoms with Crippen LogP contribution in [0.3, 0.4) is 0 Å². The number of hydrogen-bond acceptors (Lipinski definition) is 3. The highest BCUT2D eigenvalue weighted by molar-refractivity contribution is 5.95. The molecule has 0 aliphatic heterocycles. The minimum absolute atomic E-state index is 0.0311. The normalized spacial score (nSPS) is 11.2. The van der Waals surface area contributed by atoms with E-state index < -0.39 is 0 Å². The summed E-state index contributed by atoms with van der Waals surface area (Å²) in [7, 11) is 0. The Morgan fingerprint density at radius 2 is 2.00 bits per heavy atom. The first-order valence-electron chi connectivity index (χ1n) is 7.57. The maximum atomic E-state index is 12.4. The van der Waals surface area contributed by atoms with Crippen molar-refractivity contribution >= 4 is 22.9 Å². The van der Waals surface area contributed by atoms with Crippen LogP contribution in [-0.2, 0) is 11.3 Å². The number of nitrogens with zero attached hydrogens (tertiary/aromatic N) is 3. The number of likely N-dealkylation sites (N-methyl/N-ethyl adjacent to an activating group) is 1. The lowest BCUT2D eigenvalue weighted by Gasteiger charge is -2.19. The zero-order valence-electron chi connectivity index (χ0n) is 12.9. The Bertz CT molecular complexity index is 823. The number of benzene rings is 1. The Kier molecular flexibility index (Phi) is 4.47. The Labute approximate surface area is 134 Å². The van der Waals surface area contributed by atoms with Gasteiger partial charge in [-0.3, -0.25) is 14.9 Å². The van der Waals surface area contributed by atoms with Crippen molar-refractivity contribution in [3.05, 3.63) is 66.1 Å². The number of rotatable bonds is 5. The van der Waals surface area contributed by atoms with Crippen LogP contribution in [0.5, 0.6) is 0 Å². The van der Waals surface area contributed by atoms with E-state index in [0.717, 1.165) is 22.2 Å².